The summed E-state index contributed by atoms with van der Waals surface area (Å²) in [5.74, 6) is 0.964. The predicted octanol–water partition coefficient (Wildman–Crippen LogP) is 2.33. The van der Waals surface area contributed by atoms with Gasteiger partial charge in [0.1, 0.15) is 11.9 Å². The Morgan fingerprint density at radius 1 is 1.21 bits per heavy atom. The summed E-state index contributed by atoms with van der Waals surface area (Å²) in [6, 6.07) is 7.48. The molecule has 1 aliphatic rings. The fourth-order valence-corrected chi connectivity index (χ4v) is 2.09. The topological polar surface area (TPSA) is 53.5 Å². The van der Waals surface area contributed by atoms with Crippen LogP contribution in [0, 0.1) is 5.92 Å². The van der Waals surface area contributed by atoms with Gasteiger partial charge in [-0.05, 0) is 30.0 Å². The number of rotatable bonds is 4. The predicted molar refractivity (Wildman–Crippen MR) is 77.1 cm³/mol. The van der Waals surface area contributed by atoms with Crippen LogP contribution in [0.1, 0.15) is 25.8 Å². The highest BCUT2D eigenvalue weighted by Crippen LogP contribution is 2.13. The molecular formula is C14H18ClN3O. The van der Waals surface area contributed by atoms with Crippen LogP contribution in [0.4, 0.5) is 0 Å². The Labute approximate surface area is 118 Å². The van der Waals surface area contributed by atoms with Crippen molar-refractivity contribution in [3.8, 4) is 0 Å². The molecule has 5 heteroatoms. The smallest absolute Gasteiger partial charge is 0.263 e. The second-order valence-corrected chi connectivity index (χ2v) is 5.44. The molecule has 2 rings (SSSR count). The summed E-state index contributed by atoms with van der Waals surface area (Å²) >= 11 is 5.85. The molecule has 1 aromatic rings. The maximum absolute atomic E-state index is 11.6. The average molecular weight is 280 g/mol. The normalized spacial score (nSPS) is 18.8. The van der Waals surface area contributed by atoms with Gasteiger partial charge >= 0.3 is 0 Å². The number of hydrogen-bond acceptors (Lipinski definition) is 3. The zero-order valence-corrected chi connectivity index (χ0v) is 11.9. The standard InChI is InChI=1S/C14H18ClN3O/c1-9(2)13-14(19)18-17-12(16-13)8-5-10-3-6-11(15)7-4-10/h3-4,6-7,9,13H,5,8H2,1-2H3,(H,16,17)(H,18,19). The number of aryl methyl sites for hydroxylation is 1. The van der Waals surface area contributed by atoms with Crippen LogP contribution in [0.2, 0.25) is 5.02 Å². The first-order valence-electron chi connectivity index (χ1n) is 6.43. The molecule has 102 valence electrons. The molecule has 0 saturated carbocycles. The summed E-state index contributed by atoms with van der Waals surface area (Å²) in [5.41, 5.74) is 6.73. The van der Waals surface area contributed by atoms with Crippen LogP contribution in [-0.4, -0.2) is 17.8 Å². The third kappa shape index (κ3) is 3.70. The van der Waals surface area contributed by atoms with E-state index in [9.17, 15) is 4.79 Å². The Morgan fingerprint density at radius 3 is 2.53 bits per heavy atom. The van der Waals surface area contributed by atoms with E-state index in [2.05, 4.69) is 15.8 Å². The van der Waals surface area contributed by atoms with E-state index >= 15 is 0 Å². The number of hydrazine groups is 1. The van der Waals surface area contributed by atoms with E-state index in [-0.39, 0.29) is 17.9 Å². The van der Waals surface area contributed by atoms with Gasteiger partial charge in [-0.25, -0.2) is 0 Å². The van der Waals surface area contributed by atoms with Crippen molar-refractivity contribution < 1.29 is 4.79 Å². The number of benzene rings is 1. The zero-order valence-electron chi connectivity index (χ0n) is 11.1. The highest BCUT2D eigenvalue weighted by molar-refractivity contribution is 6.30. The first kappa shape index (κ1) is 13.9. The molecule has 19 heavy (non-hydrogen) atoms. The summed E-state index contributed by atoms with van der Waals surface area (Å²) in [7, 11) is 0. The fraction of sp³-hybridized carbons (Fsp3) is 0.429. The summed E-state index contributed by atoms with van der Waals surface area (Å²) in [4.78, 5) is 16.1. The Morgan fingerprint density at radius 2 is 1.89 bits per heavy atom. The summed E-state index contributed by atoms with van der Waals surface area (Å²) in [6.45, 7) is 3.99. The maximum Gasteiger partial charge on any atom is 0.263 e. The summed E-state index contributed by atoms with van der Waals surface area (Å²) in [5, 5.41) is 0.740. The van der Waals surface area contributed by atoms with E-state index in [0.29, 0.717) is 0 Å². The van der Waals surface area contributed by atoms with Crippen molar-refractivity contribution >= 4 is 23.3 Å². The molecular weight excluding hydrogens is 262 g/mol. The zero-order chi connectivity index (χ0) is 13.8. The number of nitrogens with one attached hydrogen (secondary N) is 2. The van der Waals surface area contributed by atoms with E-state index in [1.165, 1.54) is 5.56 Å². The van der Waals surface area contributed by atoms with Crippen molar-refractivity contribution in [2.24, 2.45) is 10.9 Å². The maximum atomic E-state index is 11.6. The van der Waals surface area contributed by atoms with Crippen LogP contribution in [0.5, 0.6) is 0 Å². The number of halogens is 1. The molecule has 0 aliphatic carbocycles. The molecule has 0 aromatic heterocycles. The van der Waals surface area contributed by atoms with E-state index < -0.39 is 0 Å². The highest BCUT2D eigenvalue weighted by atomic mass is 35.5. The number of aliphatic imine (C=N–C) groups is 1. The molecule has 1 amide bonds. The van der Waals surface area contributed by atoms with E-state index in [1.807, 2.05) is 38.1 Å². The van der Waals surface area contributed by atoms with Gasteiger partial charge in [-0.15, -0.1) is 0 Å². The van der Waals surface area contributed by atoms with Crippen molar-refractivity contribution in [3.05, 3.63) is 34.9 Å². The molecule has 2 N–H and O–H groups in total. The lowest BCUT2D eigenvalue weighted by molar-refractivity contribution is -0.124. The SMILES string of the molecule is CC(C)C1N=C(CCc2ccc(Cl)cc2)NNC1=O. The van der Waals surface area contributed by atoms with E-state index in [0.717, 1.165) is 23.7 Å². The second-order valence-electron chi connectivity index (χ2n) is 5.01. The minimum Gasteiger partial charge on any atom is -0.286 e. The van der Waals surface area contributed by atoms with Crippen molar-refractivity contribution in [2.75, 3.05) is 0 Å². The number of nitrogens with zero attached hydrogens (tertiary/aromatic N) is 1. The molecule has 0 spiro atoms. The van der Waals surface area contributed by atoms with Crippen molar-refractivity contribution in [2.45, 2.75) is 32.7 Å². The lowest BCUT2D eigenvalue weighted by atomic mass is 10.0. The molecule has 0 radical (unpaired) electrons. The lowest BCUT2D eigenvalue weighted by Crippen LogP contribution is -2.52. The molecule has 4 nitrogen and oxygen atoms in total. The van der Waals surface area contributed by atoms with Crippen molar-refractivity contribution in [1.29, 1.82) is 0 Å². The van der Waals surface area contributed by atoms with Gasteiger partial charge in [0.25, 0.3) is 5.91 Å². The van der Waals surface area contributed by atoms with Crippen LogP contribution < -0.4 is 10.9 Å². The number of amides is 1. The largest absolute Gasteiger partial charge is 0.286 e. The van der Waals surface area contributed by atoms with Gasteiger partial charge in [0.05, 0.1) is 0 Å². The van der Waals surface area contributed by atoms with Gasteiger partial charge < -0.3 is 0 Å². The third-order valence-corrected chi connectivity index (χ3v) is 3.34. The van der Waals surface area contributed by atoms with Crippen molar-refractivity contribution in [1.82, 2.24) is 10.9 Å². The van der Waals surface area contributed by atoms with E-state index in [1.54, 1.807) is 0 Å². The van der Waals surface area contributed by atoms with Crippen LogP contribution in [0.25, 0.3) is 0 Å². The number of amidine groups is 1. The molecule has 1 heterocycles. The first-order valence-corrected chi connectivity index (χ1v) is 6.81. The van der Waals surface area contributed by atoms with Gasteiger partial charge in [-0.1, -0.05) is 37.6 Å². The second kappa shape index (κ2) is 6.06. The molecule has 0 saturated heterocycles. The van der Waals surface area contributed by atoms with E-state index in [4.69, 9.17) is 11.6 Å². The van der Waals surface area contributed by atoms with Crippen LogP contribution in [0.15, 0.2) is 29.3 Å². The fourth-order valence-electron chi connectivity index (χ4n) is 1.96. The monoisotopic (exact) mass is 279 g/mol. The van der Waals surface area contributed by atoms with Gasteiger partial charge in [-0.2, -0.15) is 0 Å². The number of carbonyl (C=O) groups excluding carboxylic acids is 1. The molecule has 0 fully saturated rings. The quantitative estimate of drug-likeness (QED) is 0.889. The number of carbonyl (C=O) groups is 1. The Kier molecular flexibility index (Phi) is 4.43. The Bertz CT molecular complexity index is 482. The number of hydrogen-bond donors (Lipinski definition) is 2. The van der Waals surface area contributed by atoms with Gasteiger partial charge in [0, 0.05) is 11.4 Å². The Balaban J connectivity index is 1.97. The summed E-state index contributed by atoms with van der Waals surface area (Å²) < 4.78 is 0. The lowest BCUT2D eigenvalue weighted by Gasteiger charge is -2.24. The summed E-state index contributed by atoms with van der Waals surface area (Å²) in [6.07, 6.45) is 1.63. The molecule has 0 bridgehead atoms. The minimum absolute atomic E-state index is 0.0646. The third-order valence-electron chi connectivity index (χ3n) is 3.09. The van der Waals surface area contributed by atoms with Crippen LogP contribution in [-0.2, 0) is 11.2 Å². The van der Waals surface area contributed by atoms with Crippen molar-refractivity contribution in [3.63, 3.8) is 0 Å². The highest BCUT2D eigenvalue weighted by Gasteiger charge is 2.25. The Hall–Kier alpha value is -1.55. The minimum atomic E-state index is -0.290. The van der Waals surface area contributed by atoms with Gasteiger partial charge in [0.2, 0.25) is 0 Å². The molecule has 1 unspecified atom stereocenters. The van der Waals surface area contributed by atoms with Crippen LogP contribution >= 0.6 is 11.6 Å². The molecule has 1 atom stereocenters. The van der Waals surface area contributed by atoms with Gasteiger partial charge in [0.15, 0.2) is 0 Å². The van der Waals surface area contributed by atoms with Crippen LogP contribution in [0.3, 0.4) is 0 Å². The first-order chi connectivity index (χ1) is 9.06. The average Bonchev–Trinajstić information content (AvgIpc) is 2.39. The molecule has 1 aromatic carbocycles. The van der Waals surface area contributed by atoms with Gasteiger partial charge in [-0.3, -0.25) is 20.6 Å². The molecule has 1 aliphatic heterocycles.